The molecule has 0 heterocycles. The van der Waals surface area contributed by atoms with Gasteiger partial charge in [-0.3, -0.25) is 4.79 Å². The maximum Gasteiger partial charge on any atom is 0.194 e. The summed E-state index contributed by atoms with van der Waals surface area (Å²) < 4.78 is 0. The summed E-state index contributed by atoms with van der Waals surface area (Å²) in [7, 11) is 0. The zero-order valence-electron chi connectivity index (χ0n) is 10.4. The van der Waals surface area contributed by atoms with E-state index >= 15 is 0 Å². The average molecular weight is 314 g/mol. The number of halogens is 3. The predicted molar refractivity (Wildman–Crippen MR) is 80.8 cm³/mol. The van der Waals surface area contributed by atoms with Gasteiger partial charge in [0.25, 0.3) is 0 Å². The summed E-state index contributed by atoms with van der Waals surface area (Å²) in [4.78, 5) is 12.5. The highest BCUT2D eigenvalue weighted by Gasteiger charge is 2.16. The Balaban J connectivity index is 2.53. The normalized spacial score (nSPS) is 10.6. The van der Waals surface area contributed by atoms with Crippen molar-refractivity contribution in [3.8, 4) is 0 Å². The molecular formula is C15H11Cl3O. The molecular weight excluding hydrogens is 303 g/mol. The van der Waals surface area contributed by atoms with Crippen LogP contribution in [0.3, 0.4) is 0 Å². The van der Waals surface area contributed by atoms with Gasteiger partial charge < -0.3 is 0 Å². The summed E-state index contributed by atoms with van der Waals surface area (Å²) in [6, 6.07) is 8.42. The number of carbonyl (C=O) groups is 1. The lowest BCUT2D eigenvalue weighted by Crippen LogP contribution is -2.05. The Labute approximate surface area is 127 Å². The van der Waals surface area contributed by atoms with Crippen molar-refractivity contribution in [3.63, 3.8) is 0 Å². The molecule has 2 aromatic carbocycles. The molecule has 0 bridgehead atoms. The third kappa shape index (κ3) is 2.94. The number of hydrogen-bond donors (Lipinski definition) is 0. The number of benzene rings is 2. The summed E-state index contributed by atoms with van der Waals surface area (Å²) in [5.41, 5.74) is 2.73. The SMILES string of the molecule is Cc1cc(C(=O)c2ccc(Cl)cc2Cl)c(C)cc1Cl. The summed E-state index contributed by atoms with van der Waals surface area (Å²) in [5.74, 6) is -0.126. The quantitative estimate of drug-likeness (QED) is 0.670. The Kier molecular flexibility index (Phi) is 4.19. The molecule has 0 aliphatic heterocycles. The fourth-order valence-corrected chi connectivity index (χ4v) is 2.56. The van der Waals surface area contributed by atoms with E-state index < -0.39 is 0 Å². The van der Waals surface area contributed by atoms with E-state index in [1.54, 1.807) is 30.3 Å². The third-order valence-electron chi connectivity index (χ3n) is 2.93. The lowest BCUT2D eigenvalue weighted by Gasteiger charge is -2.09. The molecule has 0 aromatic heterocycles. The molecule has 0 fully saturated rings. The molecule has 98 valence electrons. The summed E-state index contributed by atoms with van der Waals surface area (Å²) >= 11 is 17.9. The van der Waals surface area contributed by atoms with E-state index in [2.05, 4.69) is 0 Å². The number of aryl methyl sites for hydroxylation is 2. The van der Waals surface area contributed by atoms with Gasteiger partial charge in [0.1, 0.15) is 0 Å². The third-order valence-corrected chi connectivity index (χ3v) is 3.88. The van der Waals surface area contributed by atoms with Gasteiger partial charge in [0.15, 0.2) is 5.78 Å². The molecule has 0 unspecified atom stereocenters. The van der Waals surface area contributed by atoms with Crippen molar-refractivity contribution in [1.82, 2.24) is 0 Å². The first-order chi connectivity index (χ1) is 8.90. The van der Waals surface area contributed by atoms with Crippen LogP contribution in [0.25, 0.3) is 0 Å². The first kappa shape index (κ1) is 14.4. The maximum absolute atomic E-state index is 12.5. The smallest absolute Gasteiger partial charge is 0.194 e. The lowest BCUT2D eigenvalue weighted by atomic mass is 9.97. The largest absolute Gasteiger partial charge is 0.289 e. The van der Waals surface area contributed by atoms with Gasteiger partial charge in [-0.15, -0.1) is 0 Å². The van der Waals surface area contributed by atoms with Gasteiger partial charge in [0, 0.05) is 21.2 Å². The van der Waals surface area contributed by atoms with E-state index in [0.29, 0.717) is 26.2 Å². The summed E-state index contributed by atoms with van der Waals surface area (Å²) in [6.07, 6.45) is 0. The van der Waals surface area contributed by atoms with Crippen molar-refractivity contribution in [1.29, 1.82) is 0 Å². The Morgan fingerprint density at radius 1 is 0.842 bits per heavy atom. The second-order valence-corrected chi connectivity index (χ2v) is 5.62. The van der Waals surface area contributed by atoms with Crippen molar-refractivity contribution < 1.29 is 4.79 Å². The highest BCUT2D eigenvalue weighted by Crippen LogP contribution is 2.27. The van der Waals surface area contributed by atoms with Crippen LogP contribution in [-0.2, 0) is 0 Å². The maximum atomic E-state index is 12.5. The van der Waals surface area contributed by atoms with Crippen LogP contribution in [0.15, 0.2) is 30.3 Å². The van der Waals surface area contributed by atoms with E-state index in [4.69, 9.17) is 34.8 Å². The van der Waals surface area contributed by atoms with Crippen molar-refractivity contribution in [3.05, 3.63) is 67.7 Å². The van der Waals surface area contributed by atoms with Crippen LogP contribution in [0.4, 0.5) is 0 Å². The summed E-state index contributed by atoms with van der Waals surface area (Å²) in [6.45, 7) is 3.71. The molecule has 4 heteroatoms. The van der Waals surface area contributed by atoms with Crippen LogP contribution in [0.2, 0.25) is 15.1 Å². The van der Waals surface area contributed by atoms with Crippen molar-refractivity contribution >= 4 is 40.6 Å². The van der Waals surface area contributed by atoms with Crippen LogP contribution >= 0.6 is 34.8 Å². The van der Waals surface area contributed by atoms with Crippen molar-refractivity contribution in [2.45, 2.75) is 13.8 Å². The predicted octanol–water partition coefficient (Wildman–Crippen LogP) is 5.49. The van der Waals surface area contributed by atoms with E-state index in [9.17, 15) is 4.79 Å². The number of rotatable bonds is 2. The average Bonchev–Trinajstić information content (AvgIpc) is 2.33. The number of hydrogen-bond acceptors (Lipinski definition) is 1. The monoisotopic (exact) mass is 312 g/mol. The standard InChI is InChI=1S/C15H11Cl3O/c1-8-6-13(17)9(2)5-12(8)15(19)11-4-3-10(16)7-14(11)18/h3-7H,1-2H3. The molecule has 19 heavy (non-hydrogen) atoms. The van der Waals surface area contributed by atoms with E-state index in [-0.39, 0.29) is 5.78 Å². The zero-order chi connectivity index (χ0) is 14.2. The second kappa shape index (κ2) is 5.54. The highest BCUT2D eigenvalue weighted by molar-refractivity contribution is 6.37. The van der Waals surface area contributed by atoms with Crippen LogP contribution < -0.4 is 0 Å². The first-order valence-corrected chi connectivity index (χ1v) is 6.80. The van der Waals surface area contributed by atoms with Gasteiger partial charge in [0.2, 0.25) is 0 Å². The topological polar surface area (TPSA) is 17.1 Å². The van der Waals surface area contributed by atoms with Crippen LogP contribution in [0, 0.1) is 13.8 Å². The molecule has 2 rings (SSSR count). The molecule has 0 aliphatic carbocycles. The fourth-order valence-electron chi connectivity index (χ4n) is 1.84. The van der Waals surface area contributed by atoms with Gasteiger partial charge in [-0.05, 0) is 55.3 Å². The number of carbonyl (C=O) groups excluding carboxylic acids is 1. The first-order valence-electron chi connectivity index (χ1n) is 5.66. The van der Waals surface area contributed by atoms with Crippen LogP contribution in [-0.4, -0.2) is 5.78 Å². The molecule has 0 amide bonds. The van der Waals surface area contributed by atoms with Crippen LogP contribution in [0.1, 0.15) is 27.0 Å². The Bertz CT molecular complexity index is 663. The molecule has 0 spiro atoms. The molecule has 0 aliphatic rings. The Morgan fingerprint density at radius 2 is 1.53 bits per heavy atom. The van der Waals surface area contributed by atoms with Crippen LogP contribution in [0.5, 0.6) is 0 Å². The highest BCUT2D eigenvalue weighted by atomic mass is 35.5. The van der Waals surface area contributed by atoms with Crippen molar-refractivity contribution in [2.24, 2.45) is 0 Å². The fraction of sp³-hybridized carbons (Fsp3) is 0.133. The van der Waals surface area contributed by atoms with E-state index in [1.165, 1.54) is 0 Å². The molecule has 0 N–H and O–H groups in total. The van der Waals surface area contributed by atoms with Gasteiger partial charge in [0.05, 0.1) is 5.02 Å². The minimum atomic E-state index is -0.126. The zero-order valence-corrected chi connectivity index (χ0v) is 12.7. The van der Waals surface area contributed by atoms with Gasteiger partial charge >= 0.3 is 0 Å². The Morgan fingerprint density at radius 3 is 2.16 bits per heavy atom. The van der Waals surface area contributed by atoms with E-state index in [1.807, 2.05) is 13.8 Å². The molecule has 1 nitrogen and oxygen atoms in total. The van der Waals surface area contributed by atoms with E-state index in [0.717, 1.165) is 11.1 Å². The van der Waals surface area contributed by atoms with Gasteiger partial charge in [-0.2, -0.15) is 0 Å². The molecule has 2 aromatic rings. The molecule has 0 saturated heterocycles. The minimum absolute atomic E-state index is 0.126. The van der Waals surface area contributed by atoms with Crippen molar-refractivity contribution in [2.75, 3.05) is 0 Å². The van der Waals surface area contributed by atoms with Gasteiger partial charge in [-0.1, -0.05) is 34.8 Å². The summed E-state index contributed by atoms with van der Waals surface area (Å²) in [5, 5.41) is 1.51. The lowest BCUT2D eigenvalue weighted by molar-refractivity contribution is 0.103. The Hall–Kier alpha value is -1.02. The number of ketones is 1. The van der Waals surface area contributed by atoms with Gasteiger partial charge in [-0.25, -0.2) is 0 Å². The molecule has 0 saturated carbocycles. The minimum Gasteiger partial charge on any atom is -0.289 e. The molecule has 0 atom stereocenters. The second-order valence-electron chi connectivity index (χ2n) is 4.37. The molecule has 0 radical (unpaired) electrons.